The van der Waals surface area contributed by atoms with Gasteiger partial charge in [-0.1, -0.05) is 18.0 Å². The number of likely N-dealkylation sites (tertiary alicyclic amines) is 1. The summed E-state index contributed by atoms with van der Waals surface area (Å²) < 4.78 is 0. The average molecular weight is 337 g/mol. The number of pyridine rings is 1. The van der Waals surface area contributed by atoms with E-state index in [1.54, 1.807) is 6.20 Å². The van der Waals surface area contributed by atoms with Crippen LogP contribution >= 0.6 is 11.6 Å². The SMILES string of the molecule is Clc1ccc(CN2CCN(CCCN3CCCCC3)CC2)nc1. The predicted octanol–water partition coefficient (Wildman–Crippen LogP) is 2.73. The van der Waals surface area contributed by atoms with Crippen molar-refractivity contribution in [2.24, 2.45) is 0 Å². The van der Waals surface area contributed by atoms with Crippen LogP contribution in [0.3, 0.4) is 0 Å². The number of hydrogen-bond acceptors (Lipinski definition) is 4. The van der Waals surface area contributed by atoms with Crippen LogP contribution < -0.4 is 0 Å². The van der Waals surface area contributed by atoms with Gasteiger partial charge in [-0.25, -0.2) is 0 Å². The highest BCUT2D eigenvalue weighted by Gasteiger charge is 2.17. The Hall–Kier alpha value is -0.680. The molecule has 0 spiro atoms. The zero-order valence-electron chi connectivity index (χ0n) is 14.1. The van der Waals surface area contributed by atoms with Crippen molar-refractivity contribution in [3.05, 3.63) is 29.0 Å². The van der Waals surface area contributed by atoms with Crippen LogP contribution in [0.15, 0.2) is 18.3 Å². The van der Waals surface area contributed by atoms with Crippen LogP contribution in [0.1, 0.15) is 31.4 Å². The van der Waals surface area contributed by atoms with E-state index in [4.69, 9.17) is 11.6 Å². The third-order valence-corrected chi connectivity index (χ3v) is 5.26. The van der Waals surface area contributed by atoms with Gasteiger partial charge in [-0.2, -0.15) is 0 Å². The first-order chi connectivity index (χ1) is 11.3. The van der Waals surface area contributed by atoms with Gasteiger partial charge in [-0.15, -0.1) is 0 Å². The molecule has 128 valence electrons. The molecule has 2 aliphatic heterocycles. The van der Waals surface area contributed by atoms with Gasteiger partial charge in [0.05, 0.1) is 10.7 Å². The van der Waals surface area contributed by atoms with E-state index >= 15 is 0 Å². The second-order valence-electron chi connectivity index (χ2n) is 6.84. The standard InChI is InChI=1S/C18H29ClN4/c19-17-5-6-18(20-15-17)16-23-13-11-22(12-14-23)10-4-9-21-7-2-1-3-8-21/h5-6,15H,1-4,7-14,16H2. The first-order valence-corrected chi connectivity index (χ1v) is 9.45. The van der Waals surface area contributed by atoms with Crippen molar-refractivity contribution < 1.29 is 0 Å². The summed E-state index contributed by atoms with van der Waals surface area (Å²) in [6.07, 6.45) is 7.29. The van der Waals surface area contributed by atoms with Gasteiger partial charge in [0.2, 0.25) is 0 Å². The monoisotopic (exact) mass is 336 g/mol. The second kappa shape index (κ2) is 8.97. The van der Waals surface area contributed by atoms with Gasteiger partial charge in [-0.05, 0) is 57.6 Å². The maximum atomic E-state index is 5.89. The summed E-state index contributed by atoms with van der Waals surface area (Å²) in [5.74, 6) is 0. The van der Waals surface area contributed by atoms with E-state index in [1.165, 1.54) is 65.0 Å². The molecule has 2 saturated heterocycles. The lowest BCUT2D eigenvalue weighted by Gasteiger charge is -2.35. The molecule has 3 heterocycles. The van der Waals surface area contributed by atoms with Crippen molar-refractivity contribution in [1.82, 2.24) is 19.7 Å². The number of rotatable bonds is 6. The minimum atomic E-state index is 0.715. The maximum absolute atomic E-state index is 5.89. The van der Waals surface area contributed by atoms with E-state index in [0.29, 0.717) is 5.02 Å². The summed E-state index contributed by atoms with van der Waals surface area (Å²) in [5, 5.41) is 0.715. The molecule has 0 N–H and O–H groups in total. The molecule has 0 radical (unpaired) electrons. The Morgan fingerprint density at radius 3 is 2.13 bits per heavy atom. The van der Waals surface area contributed by atoms with E-state index in [9.17, 15) is 0 Å². The average Bonchev–Trinajstić information content (AvgIpc) is 2.59. The van der Waals surface area contributed by atoms with Gasteiger partial charge in [0, 0.05) is 38.9 Å². The number of nitrogens with zero attached hydrogens (tertiary/aromatic N) is 4. The summed E-state index contributed by atoms with van der Waals surface area (Å²) in [5.41, 5.74) is 1.12. The van der Waals surface area contributed by atoms with Crippen molar-refractivity contribution in [3.8, 4) is 0 Å². The minimum Gasteiger partial charge on any atom is -0.303 e. The van der Waals surface area contributed by atoms with Crippen molar-refractivity contribution in [2.75, 3.05) is 52.4 Å². The third kappa shape index (κ3) is 5.71. The first-order valence-electron chi connectivity index (χ1n) is 9.07. The van der Waals surface area contributed by atoms with Crippen LogP contribution in [0.25, 0.3) is 0 Å². The Bertz CT molecular complexity index is 451. The second-order valence-corrected chi connectivity index (χ2v) is 7.28. The van der Waals surface area contributed by atoms with Gasteiger partial charge >= 0.3 is 0 Å². The Kier molecular flexibility index (Phi) is 6.69. The van der Waals surface area contributed by atoms with E-state index < -0.39 is 0 Å². The largest absolute Gasteiger partial charge is 0.303 e. The highest BCUT2D eigenvalue weighted by atomic mass is 35.5. The van der Waals surface area contributed by atoms with Crippen LogP contribution in [0.5, 0.6) is 0 Å². The summed E-state index contributed by atoms with van der Waals surface area (Å²) >= 11 is 5.89. The molecule has 2 aliphatic rings. The molecule has 0 atom stereocenters. The van der Waals surface area contributed by atoms with Crippen LogP contribution in [0, 0.1) is 0 Å². The lowest BCUT2D eigenvalue weighted by molar-refractivity contribution is 0.119. The molecule has 1 aromatic heterocycles. The fourth-order valence-corrected chi connectivity index (χ4v) is 3.71. The molecular formula is C18H29ClN4. The number of piperidine rings is 1. The molecule has 3 rings (SSSR count). The lowest BCUT2D eigenvalue weighted by atomic mass is 10.1. The van der Waals surface area contributed by atoms with Crippen LogP contribution in [-0.2, 0) is 6.54 Å². The number of hydrogen-bond donors (Lipinski definition) is 0. The van der Waals surface area contributed by atoms with Gasteiger partial charge in [0.25, 0.3) is 0 Å². The van der Waals surface area contributed by atoms with Gasteiger partial charge < -0.3 is 9.80 Å². The molecule has 0 amide bonds. The zero-order chi connectivity index (χ0) is 15.9. The molecule has 0 aliphatic carbocycles. The molecule has 0 aromatic carbocycles. The Labute approximate surface area is 145 Å². The van der Waals surface area contributed by atoms with Crippen molar-refractivity contribution >= 4 is 11.6 Å². The zero-order valence-corrected chi connectivity index (χ0v) is 14.8. The smallest absolute Gasteiger partial charge is 0.0589 e. The predicted molar refractivity (Wildman–Crippen MR) is 95.9 cm³/mol. The van der Waals surface area contributed by atoms with Crippen LogP contribution in [0.4, 0.5) is 0 Å². The van der Waals surface area contributed by atoms with Crippen LogP contribution in [-0.4, -0.2) is 72.0 Å². The normalized spacial score (nSPS) is 21.6. The van der Waals surface area contributed by atoms with Crippen molar-refractivity contribution in [3.63, 3.8) is 0 Å². The fraction of sp³-hybridized carbons (Fsp3) is 0.722. The maximum Gasteiger partial charge on any atom is 0.0589 e. The van der Waals surface area contributed by atoms with Crippen LogP contribution in [0.2, 0.25) is 5.02 Å². The van der Waals surface area contributed by atoms with Gasteiger partial charge in [0.1, 0.15) is 0 Å². The molecule has 0 saturated carbocycles. The molecular weight excluding hydrogens is 308 g/mol. The summed E-state index contributed by atoms with van der Waals surface area (Å²) in [7, 11) is 0. The highest BCUT2D eigenvalue weighted by Crippen LogP contribution is 2.12. The molecule has 0 bridgehead atoms. The molecule has 5 heteroatoms. The Morgan fingerprint density at radius 2 is 1.48 bits per heavy atom. The lowest BCUT2D eigenvalue weighted by Crippen LogP contribution is -2.46. The minimum absolute atomic E-state index is 0.715. The topological polar surface area (TPSA) is 22.6 Å². The molecule has 1 aromatic rings. The summed E-state index contributed by atoms with van der Waals surface area (Å²) in [4.78, 5) is 12.2. The summed E-state index contributed by atoms with van der Waals surface area (Å²) in [6, 6.07) is 3.97. The Balaban J connectivity index is 1.31. The number of piperazine rings is 1. The highest BCUT2D eigenvalue weighted by molar-refractivity contribution is 6.30. The van der Waals surface area contributed by atoms with E-state index in [1.807, 2.05) is 12.1 Å². The summed E-state index contributed by atoms with van der Waals surface area (Å²) in [6.45, 7) is 10.8. The van der Waals surface area contributed by atoms with Crippen molar-refractivity contribution in [2.45, 2.75) is 32.2 Å². The molecule has 4 nitrogen and oxygen atoms in total. The van der Waals surface area contributed by atoms with Gasteiger partial charge in [0.15, 0.2) is 0 Å². The molecule has 2 fully saturated rings. The van der Waals surface area contributed by atoms with E-state index in [0.717, 1.165) is 25.3 Å². The van der Waals surface area contributed by atoms with Crippen molar-refractivity contribution in [1.29, 1.82) is 0 Å². The molecule has 0 unspecified atom stereocenters. The number of aromatic nitrogens is 1. The third-order valence-electron chi connectivity index (χ3n) is 5.04. The fourth-order valence-electron chi connectivity index (χ4n) is 3.60. The molecule has 23 heavy (non-hydrogen) atoms. The number of halogens is 1. The first kappa shape index (κ1) is 17.2. The Morgan fingerprint density at radius 1 is 0.826 bits per heavy atom. The van der Waals surface area contributed by atoms with Gasteiger partial charge in [-0.3, -0.25) is 9.88 Å². The van der Waals surface area contributed by atoms with E-state index in [-0.39, 0.29) is 0 Å². The van der Waals surface area contributed by atoms with E-state index in [2.05, 4.69) is 19.7 Å². The quantitative estimate of drug-likeness (QED) is 0.796.